The number of carbonyl (C=O) groups excluding carboxylic acids is 2. The van der Waals surface area contributed by atoms with E-state index >= 15 is 0 Å². The molecule has 144 valence electrons. The van der Waals surface area contributed by atoms with Crippen LogP contribution in [0.3, 0.4) is 0 Å². The van der Waals surface area contributed by atoms with E-state index in [4.69, 9.17) is 4.74 Å². The normalized spacial score (nSPS) is 10.6. The summed E-state index contributed by atoms with van der Waals surface area (Å²) in [5, 5.41) is 5.38. The first-order valence-corrected chi connectivity index (χ1v) is 9.52. The Kier molecular flexibility index (Phi) is 5.95. The monoisotopic (exact) mass is 399 g/mol. The number of amides is 1. The summed E-state index contributed by atoms with van der Waals surface area (Å²) in [6, 6.07) is 13.5. The number of aromatic amines is 1. The van der Waals surface area contributed by atoms with Crippen molar-refractivity contribution in [3.05, 3.63) is 69.2 Å². The maximum absolute atomic E-state index is 12.4. The molecule has 0 radical (unpaired) electrons. The number of aromatic nitrogens is 2. The van der Waals surface area contributed by atoms with Gasteiger partial charge in [-0.25, -0.2) is 4.68 Å². The SMILES string of the molecule is CSc1ccc(NC(=O)COC(=O)Cn2[nH]c(=O)c3ccccc3c2=O)cc1. The van der Waals surface area contributed by atoms with Gasteiger partial charge in [0.15, 0.2) is 6.61 Å². The lowest BCUT2D eigenvalue weighted by atomic mass is 10.2. The van der Waals surface area contributed by atoms with Gasteiger partial charge in [0.05, 0.1) is 10.8 Å². The van der Waals surface area contributed by atoms with Crippen molar-refractivity contribution < 1.29 is 14.3 Å². The van der Waals surface area contributed by atoms with Gasteiger partial charge in [-0.1, -0.05) is 12.1 Å². The highest BCUT2D eigenvalue weighted by Gasteiger charge is 2.12. The van der Waals surface area contributed by atoms with Gasteiger partial charge in [0.25, 0.3) is 17.0 Å². The molecule has 0 aliphatic rings. The first-order chi connectivity index (χ1) is 13.5. The zero-order valence-corrected chi connectivity index (χ0v) is 15.7. The number of fused-ring (bicyclic) bond motifs is 1. The molecule has 3 aromatic rings. The van der Waals surface area contributed by atoms with Crippen LogP contribution in [0.1, 0.15) is 0 Å². The molecule has 1 aromatic heterocycles. The summed E-state index contributed by atoms with van der Waals surface area (Å²) >= 11 is 1.58. The molecule has 9 heteroatoms. The third-order valence-corrected chi connectivity index (χ3v) is 4.65. The molecule has 0 aliphatic carbocycles. The van der Waals surface area contributed by atoms with Gasteiger partial charge in [-0.2, -0.15) is 0 Å². The van der Waals surface area contributed by atoms with Crippen LogP contribution in [0, 0.1) is 0 Å². The van der Waals surface area contributed by atoms with Crippen molar-refractivity contribution in [3.8, 4) is 0 Å². The number of thioether (sulfide) groups is 1. The predicted molar refractivity (Wildman–Crippen MR) is 107 cm³/mol. The second kappa shape index (κ2) is 8.57. The summed E-state index contributed by atoms with van der Waals surface area (Å²) in [4.78, 5) is 49.3. The number of benzene rings is 2. The molecule has 0 spiro atoms. The topological polar surface area (TPSA) is 110 Å². The molecule has 0 aliphatic heterocycles. The highest BCUT2D eigenvalue weighted by atomic mass is 32.2. The summed E-state index contributed by atoms with van der Waals surface area (Å²) in [7, 11) is 0. The molecule has 0 fully saturated rings. The second-order valence-corrected chi connectivity index (χ2v) is 6.69. The third kappa shape index (κ3) is 4.49. The molecule has 0 atom stereocenters. The van der Waals surface area contributed by atoms with E-state index in [0.29, 0.717) is 5.69 Å². The van der Waals surface area contributed by atoms with Crippen molar-refractivity contribution in [1.82, 2.24) is 9.78 Å². The lowest BCUT2D eigenvalue weighted by molar-refractivity contribution is -0.148. The smallest absolute Gasteiger partial charge is 0.328 e. The number of anilines is 1. The Labute approximate surface area is 163 Å². The zero-order valence-electron chi connectivity index (χ0n) is 14.9. The van der Waals surface area contributed by atoms with Crippen LogP contribution in [0.15, 0.2) is 63.0 Å². The molecule has 8 nitrogen and oxygen atoms in total. The van der Waals surface area contributed by atoms with E-state index in [9.17, 15) is 19.2 Å². The molecule has 0 saturated heterocycles. The Morgan fingerprint density at radius 3 is 2.43 bits per heavy atom. The van der Waals surface area contributed by atoms with E-state index < -0.39 is 36.1 Å². The Hall–Kier alpha value is -3.33. The predicted octanol–water partition coefficient (Wildman–Crippen LogP) is 1.59. The second-order valence-electron chi connectivity index (χ2n) is 5.82. The largest absolute Gasteiger partial charge is 0.454 e. The van der Waals surface area contributed by atoms with Gasteiger partial charge in [0.1, 0.15) is 6.54 Å². The summed E-state index contributed by atoms with van der Waals surface area (Å²) in [5.74, 6) is -1.33. The van der Waals surface area contributed by atoms with Gasteiger partial charge in [0.2, 0.25) is 0 Å². The van der Waals surface area contributed by atoms with Crippen molar-refractivity contribution in [1.29, 1.82) is 0 Å². The quantitative estimate of drug-likeness (QED) is 0.481. The molecule has 2 aromatic carbocycles. The van der Waals surface area contributed by atoms with Crippen LogP contribution in [0.5, 0.6) is 0 Å². The average molecular weight is 399 g/mol. The van der Waals surface area contributed by atoms with E-state index in [0.717, 1.165) is 9.58 Å². The minimum atomic E-state index is -0.819. The Balaban J connectivity index is 1.60. The lowest BCUT2D eigenvalue weighted by Gasteiger charge is -2.09. The number of rotatable bonds is 6. The fraction of sp³-hybridized carbons (Fsp3) is 0.158. The number of hydrogen-bond acceptors (Lipinski definition) is 6. The number of carbonyl (C=O) groups is 2. The first kappa shape index (κ1) is 19.4. The number of hydrogen-bond donors (Lipinski definition) is 2. The highest BCUT2D eigenvalue weighted by Crippen LogP contribution is 2.17. The van der Waals surface area contributed by atoms with Crippen LogP contribution in [0.4, 0.5) is 5.69 Å². The van der Waals surface area contributed by atoms with E-state index in [2.05, 4.69) is 10.4 Å². The Morgan fingerprint density at radius 2 is 1.75 bits per heavy atom. The molecular weight excluding hydrogens is 382 g/mol. The molecule has 0 saturated carbocycles. The van der Waals surface area contributed by atoms with Crippen molar-refractivity contribution in [2.24, 2.45) is 0 Å². The molecule has 0 unspecified atom stereocenters. The van der Waals surface area contributed by atoms with E-state index in [1.807, 2.05) is 18.4 Å². The van der Waals surface area contributed by atoms with Crippen LogP contribution < -0.4 is 16.4 Å². The Bertz CT molecular complexity index is 1130. The van der Waals surface area contributed by atoms with Crippen LogP contribution in [-0.2, 0) is 20.9 Å². The third-order valence-electron chi connectivity index (χ3n) is 3.91. The van der Waals surface area contributed by atoms with Crippen molar-refractivity contribution in [3.63, 3.8) is 0 Å². The van der Waals surface area contributed by atoms with Crippen LogP contribution in [0.2, 0.25) is 0 Å². The maximum Gasteiger partial charge on any atom is 0.328 e. The van der Waals surface area contributed by atoms with E-state index in [1.165, 1.54) is 12.1 Å². The van der Waals surface area contributed by atoms with Crippen molar-refractivity contribution in [2.45, 2.75) is 11.4 Å². The summed E-state index contributed by atoms with van der Waals surface area (Å²) in [6.45, 7) is -1.01. The number of ether oxygens (including phenoxy) is 1. The number of nitrogens with zero attached hydrogens (tertiary/aromatic N) is 1. The van der Waals surface area contributed by atoms with Crippen LogP contribution in [0.25, 0.3) is 10.8 Å². The van der Waals surface area contributed by atoms with Crippen molar-refractivity contribution in [2.75, 3.05) is 18.2 Å². The van der Waals surface area contributed by atoms with Crippen LogP contribution in [-0.4, -0.2) is 34.5 Å². The zero-order chi connectivity index (χ0) is 20.1. The highest BCUT2D eigenvalue weighted by molar-refractivity contribution is 7.98. The molecular formula is C19H17N3O5S. The van der Waals surface area contributed by atoms with Crippen molar-refractivity contribution >= 4 is 40.1 Å². The average Bonchev–Trinajstić information content (AvgIpc) is 2.71. The standard InChI is InChI=1S/C19H17N3O5S/c1-28-13-8-6-12(7-9-13)20-16(23)11-27-17(24)10-22-19(26)15-5-3-2-4-14(15)18(25)21-22/h2-9H,10-11H2,1H3,(H,20,23)(H,21,25). The fourth-order valence-corrected chi connectivity index (χ4v) is 2.96. The van der Waals surface area contributed by atoms with Gasteiger partial charge in [-0.3, -0.25) is 24.3 Å². The van der Waals surface area contributed by atoms with E-state index in [1.54, 1.807) is 36.0 Å². The molecule has 1 heterocycles. The number of nitrogens with one attached hydrogen (secondary N) is 2. The molecule has 1 amide bonds. The molecule has 28 heavy (non-hydrogen) atoms. The fourth-order valence-electron chi connectivity index (χ4n) is 2.55. The minimum absolute atomic E-state index is 0.200. The Morgan fingerprint density at radius 1 is 1.07 bits per heavy atom. The van der Waals surface area contributed by atoms with Crippen LogP contribution >= 0.6 is 11.8 Å². The number of esters is 1. The molecule has 2 N–H and O–H groups in total. The van der Waals surface area contributed by atoms with Gasteiger partial charge < -0.3 is 10.1 Å². The van der Waals surface area contributed by atoms with Gasteiger partial charge in [-0.05, 0) is 42.7 Å². The number of H-pyrrole nitrogens is 1. The maximum atomic E-state index is 12.4. The lowest BCUT2D eigenvalue weighted by Crippen LogP contribution is -2.33. The summed E-state index contributed by atoms with van der Waals surface area (Å²) in [5.41, 5.74) is -0.436. The van der Waals surface area contributed by atoms with Gasteiger partial charge in [-0.15, -0.1) is 11.8 Å². The first-order valence-electron chi connectivity index (χ1n) is 8.29. The molecule has 0 bridgehead atoms. The minimum Gasteiger partial charge on any atom is -0.454 e. The van der Waals surface area contributed by atoms with Gasteiger partial charge >= 0.3 is 5.97 Å². The van der Waals surface area contributed by atoms with E-state index in [-0.39, 0.29) is 10.8 Å². The van der Waals surface area contributed by atoms with Gasteiger partial charge in [0, 0.05) is 10.6 Å². The molecule has 3 rings (SSSR count). The summed E-state index contributed by atoms with van der Waals surface area (Å²) < 4.78 is 5.76. The summed E-state index contributed by atoms with van der Waals surface area (Å²) in [6.07, 6.45) is 1.95.